The Balaban J connectivity index is 2.91. The highest BCUT2D eigenvalue weighted by molar-refractivity contribution is 5.71. The first-order chi connectivity index (χ1) is 10.0. The van der Waals surface area contributed by atoms with Crippen molar-refractivity contribution >= 4 is 12.0 Å². The molecular formula is C16H23NO4. The van der Waals surface area contributed by atoms with Crippen molar-refractivity contribution in [3.63, 3.8) is 0 Å². The van der Waals surface area contributed by atoms with Crippen LogP contribution in [0.5, 0.6) is 11.5 Å². The van der Waals surface area contributed by atoms with Crippen LogP contribution in [0.25, 0.3) is 6.08 Å². The van der Waals surface area contributed by atoms with Gasteiger partial charge in [-0.3, -0.25) is 9.69 Å². The number of benzene rings is 1. The van der Waals surface area contributed by atoms with Crippen LogP contribution >= 0.6 is 0 Å². The van der Waals surface area contributed by atoms with Crippen molar-refractivity contribution in [3.8, 4) is 11.5 Å². The van der Waals surface area contributed by atoms with Crippen molar-refractivity contribution in [3.05, 3.63) is 29.8 Å². The van der Waals surface area contributed by atoms with Crippen LogP contribution in [0.3, 0.4) is 0 Å². The monoisotopic (exact) mass is 293 g/mol. The average Bonchev–Trinajstić information content (AvgIpc) is 2.46. The number of ether oxygens (including phenoxy) is 3. The molecule has 1 aromatic rings. The minimum Gasteiger partial charge on any atom is -0.493 e. The van der Waals surface area contributed by atoms with E-state index in [-0.39, 0.29) is 12.5 Å². The Morgan fingerprint density at radius 1 is 1.29 bits per heavy atom. The summed E-state index contributed by atoms with van der Waals surface area (Å²) in [6.07, 6.45) is 1.76. The van der Waals surface area contributed by atoms with Crippen molar-refractivity contribution in [1.29, 1.82) is 0 Å². The average molecular weight is 293 g/mol. The summed E-state index contributed by atoms with van der Waals surface area (Å²) in [6.45, 7) is 6.82. The zero-order valence-electron chi connectivity index (χ0n) is 13.1. The van der Waals surface area contributed by atoms with E-state index in [4.69, 9.17) is 14.2 Å². The van der Waals surface area contributed by atoms with Gasteiger partial charge in [0.2, 0.25) is 0 Å². The summed E-state index contributed by atoms with van der Waals surface area (Å²) in [4.78, 5) is 13.4. The van der Waals surface area contributed by atoms with Gasteiger partial charge < -0.3 is 14.2 Å². The molecule has 0 aromatic heterocycles. The second-order valence-electron chi connectivity index (χ2n) is 4.59. The Morgan fingerprint density at radius 3 is 2.43 bits per heavy atom. The van der Waals surface area contributed by atoms with E-state index in [2.05, 4.69) is 6.58 Å². The number of hydrogen-bond donors (Lipinski definition) is 0. The standard InChI is InChI=1S/C16H23NO4/c1-6-12-8-14(19-4)15(20-5)9-13(12)10-17(3)11-16(18)21-7-2/h6,8-9H,1,7,10-11H2,2-5H3. The number of methoxy groups -OCH3 is 2. The van der Waals surface area contributed by atoms with Crippen LogP contribution in [0.4, 0.5) is 0 Å². The third kappa shape index (κ3) is 4.79. The van der Waals surface area contributed by atoms with Gasteiger partial charge in [0.25, 0.3) is 0 Å². The first kappa shape index (κ1) is 17.0. The van der Waals surface area contributed by atoms with Crippen molar-refractivity contribution in [2.45, 2.75) is 13.5 Å². The Kier molecular flexibility index (Phi) is 6.75. The van der Waals surface area contributed by atoms with Crippen LogP contribution in [-0.4, -0.2) is 45.3 Å². The van der Waals surface area contributed by atoms with Crippen molar-refractivity contribution < 1.29 is 19.0 Å². The summed E-state index contributed by atoms with van der Waals surface area (Å²) in [5.41, 5.74) is 1.96. The molecule has 0 unspecified atom stereocenters. The number of hydrogen-bond acceptors (Lipinski definition) is 5. The molecule has 0 N–H and O–H groups in total. The van der Waals surface area contributed by atoms with E-state index in [1.165, 1.54) is 0 Å². The van der Waals surface area contributed by atoms with Gasteiger partial charge in [0.15, 0.2) is 11.5 Å². The SMILES string of the molecule is C=Cc1cc(OC)c(OC)cc1CN(C)CC(=O)OCC. The van der Waals surface area contributed by atoms with E-state index >= 15 is 0 Å². The third-order valence-corrected chi connectivity index (χ3v) is 3.01. The van der Waals surface area contributed by atoms with Crippen LogP contribution in [0, 0.1) is 0 Å². The smallest absolute Gasteiger partial charge is 0.320 e. The third-order valence-electron chi connectivity index (χ3n) is 3.01. The minimum atomic E-state index is -0.236. The van der Waals surface area contributed by atoms with Crippen LogP contribution in [0.15, 0.2) is 18.7 Å². The van der Waals surface area contributed by atoms with Gasteiger partial charge in [0.05, 0.1) is 27.4 Å². The van der Waals surface area contributed by atoms with Crippen molar-refractivity contribution in [2.75, 3.05) is 34.4 Å². The lowest BCUT2D eigenvalue weighted by Crippen LogP contribution is -2.27. The molecule has 0 saturated heterocycles. The van der Waals surface area contributed by atoms with Gasteiger partial charge >= 0.3 is 5.97 Å². The molecule has 0 spiro atoms. The lowest BCUT2D eigenvalue weighted by Gasteiger charge is -2.19. The summed E-state index contributed by atoms with van der Waals surface area (Å²) in [6, 6.07) is 3.77. The molecule has 0 fully saturated rings. The Labute approximate surface area is 126 Å². The van der Waals surface area contributed by atoms with Gasteiger partial charge in [-0.15, -0.1) is 0 Å². The second kappa shape index (κ2) is 8.32. The molecule has 5 heteroatoms. The van der Waals surface area contributed by atoms with Crippen molar-refractivity contribution in [1.82, 2.24) is 4.90 Å². The molecule has 0 aliphatic heterocycles. The highest BCUT2D eigenvalue weighted by Gasteiger charge is 2.13. The van der Waals surface area contributed by atoms with Crippen molar-refractivity contribution in [2.24, 2.45) is 0 Å². The molecule has 0 bridgehead atoms. The molecule has 0 amide bonds. The molecule has 0 aliphatic carbocycles. The van der Waals surface area contributed by atoms with Gasteiger partial charge in [-0.25, -0.2) is 0 Å². The minimum absolute atomic E-state index is 0.235. The summed E-state index contributed by atoms with van der Waals surface area (Å²) in [5, 5.41) is 0. The van der Waals surface area contributed by atoms with E-state index in [1.54, 1.807) is 27.2 Å². The Morgan fingerprint density at radius 2 is 1.90 bits per heavy atom. The highest BCUT2D eigenvalue weighted by Crippen LogP contribution is 2.31. The molecule has 1 rings (SSSR count). The van der Waals surface area contributed by atoms with Crippen LogP contribution < -0.4 is 9.47 Å². The van der Waals surface area contributed by atoms with E-state index < -0.39 is 0 Å². The van der Waals surface area contributed by atoms with Gasteiger partial charge in [-0.2, -0.15) is 0 Å². The number of esters is 1. The topological polar surface area (TPSA) is 48.0 Å². The molecule has 0 heterocycles. The Bertz CT molecular complexity index is 499. The molecule has 0 saturated carbocycles. The summed E-state index contributed by atoms with van der Waals surface area (Å²) in [5.74, 6) is 1.08. The van der Waals surface area contributed by atoms with Gasteiger partial charge in [-0.05, 0) is 37.2 Å². The van der Waals surface area contributed by atoms with Crippen LogP contribution in [0.2, 0.25) is 0 Å². The van der Waals surface area contributed by atoms with Crippen LogP contribution in [0.1, 0.15) is 18.1 Å². The van der Waals surface area contributed by atoms with E-state index in [1.807, 2.05) is 24.1 Å². The lowest BCUT2D eigenvalue weighted by molar-refractivity contribution is -0.144. The molecule has 21 heavy (non-hydrogen) atoms. The lowest BCUT2D eigenvalue weighted by atomic mass is 10.1. The van der Waals surface area contributed by atoms with E-state index in [0.717, 1.165) is 11.1 Å². The first-order valence-electron chi connectivity index (χ1n) is 6.77. The molecule has 1 aromatic carbocycles. The van der Waals surface area contributed by atoms with E-state index in [0.29, 0.717) is 24.7 Å². The van der Waals surface area contributed by atoms with Gasteiger partial charge in [0, 0.05) is 6.54 Å². The maximum absolute atomic E-state index is 11.5. The zero-order chi connectivity index (χ0) is 15.8. The molecule has 0 atom stereocenters. The summed E-state index contributed by atoms with van der Waals surface area (Å²) in [7, 11) is 5.05. The maximum Gasteiger partial charge on any atom is 0.320 e. The second-order valence-corrected chi connectivity index (χ2v) is 4.59. The van der Waals surface area contributed by atoms with Gasteiger partial charge in [-0.1, -0.05) is 12.7 Å². The number of carbonyl (C=O) groups is 1. The number of rotatable bonds is 8. The fourth-order valence-electron chi connectivity index (χ4n) is 2.04. The largest absolute Gasteiger partial charge is 0.493 e. The fraction of sp³-hybridized carbons (Fsp3) is 0.438. The predicted molar refractivity (Wildman–Crippen MR) is 82.6 cm³/mol. The maximum atomic E-state index is 11.5. The number of nitrogens with zero attached hydrogens (tertiary/aromatic N) is 1. The molecule has 116 valence electrons. The molecule has 0 radical (unpaired) electrons. The van der Waals surface area contributed by atoms with Gasteiger partial charge in [0.1, 0.15) is 0 Å². The number of carbonyl (C=O) groups excluding carboxylic acids is 1. The molecular weight excluding hydrogens is 270 g/mol. The fourth-order valence-corrected chi connectivity index (χ4v) is 2.04. The quantitative estimate of drug-likeness (QED) is 0.689. The first-order valence-corrected chi connectivity index (χ1v) is 6.77. The predicted octanol–water partition coefficient (Wildman–Crippen LogP) is 2.34. The summed E-state index contributed by atoms with van der Waals surface area (Å²) >= 11 is 0. The molecule has 0 aliphatic rings. The highest BCUT2D eigenvalue weighted by atomic mass is 16.5. The Hall–Kier alpha value is -2.01. The normalized spacial score (nSPS) is 10.3. The zero-order valence-corrected chi connectivity index (χ0v) is 13.1. The summed E-state index contributed by atoms with van der Waals surface area (Å²) < 4.78 is 15.5. The van der Waals surface area contributed by atoms with Crippen LogP contribution in [-0.2, 0) is 16.1 Å². The van der Waals surface area contributed by atoms with E-state index in [9.17, 15) is 4.79 Å². The number of likely N-dealkylation sites (N-methyl/N-ethyl adjacent to an activating group) is 1. The molecule has 5 nitrogen and oxygen atoms in total.